The van der Waals surface area contributed by atoms with Crippen molar-refractivity contribution in [1.82, 2.24) is 15.8 Å². The highest BCUT2D eigenvalue weighted by Gasteiger charge is 2.61. The quantitative estimate of drug-likeness (QED) is 0.633. The molecule has 0 aliphatic carbocycles. The summed E-state index contributed by atoms with van der Waals surface area (Å²) in [6.07, 6.45) is -0.119. The van der Waals surface area contributed by atoms with Gasteiger partial charge >= 0.3 is 6.03 Å². The van der Waals surface area contributed by atoms with Gasteiger partial charge in [-0.2, -0.15) is 0 Å². The number of rotatable bonds is 0. The molecular formula is C16H12ClFN4O5. The van der Waals surface area contributed by atoms with Crippen LogP contribution in [-0.2, 0) is 20.7 Å². The van der Waals surface area contributed by atoms with E-state index in [0.29, 0.717) is 12.2 Å². The number of morpholine rings is 1. The van der Waals surface area contributed by atoms with Gasteiger partial charge in [0.25, 0.3) is 0 Å². The lowest BCUT2D eigenvalue weighted by Crippen LogP contribution is -2.73. The molecule has 0 bridgehead atoms. The van der Waals surface area contributed by atoms with E-state index in [1.54, 1.807) is 11.0 Å². The van der Waals surface area contributed by atoms with E-state index in [2.05, 4.69) is 15.8 Å². The molecule has 1 aromatic heterocycles. The summed E-state index contributed by atoms with van der Waals surface area (Å²) >= 11 is 5.97. The standard InChI is InChI=1S/C16H12ClFN4O5/c17-12-7-3-6-4-16(13(23)19-15(25)20-14(16)24)8-5-26-2-1-22(8)10(6)9(18)11(7)27-21-12/h3,8H,1-2,4-5H2,(H2,19,20,23,24,25). The lowest BCUT2D eigenvalue weighted by Gasteiger charge is -2.51. The average molecular weight is 395 g/mol. The molecule has 1 atom stereocenters. The van der Waals surface area contributed by atoms with Crippen LogP contribution in [0.1, 0.15) is 5.56 Å². The van der Waals surface area contributed by atoms with Crippen molar-refractivity contribution in [3.05, 3.63) is 22.6 Å². The lowest BCUT2D eigenvalue weighted by atomic mass is 9.68. The predicted molar refractivity (Wildman–Crippen MR) is 88.7 cm³/mol. The minimum Gasteiger partial charge on any atom is -0.377 e. The fraction of sp³-hybridized carbons (Fsp3) is 0.375. The van der Waals surface area contributed by atoms with Gasteiger partial charge in [-0.05, 0) is 11.6 Å². The highest BCUT2D eigenvalue weighted by Crippen LogP contribution is 2.47. The number of aromatic nitrogens is 1. The van der Waals surface area contributed by atoms with Crippen molar-refractivity contribution < 1.29 is 28.0 Å². The van der Waals surface area contributed by atoms with Crippen molar-refractivity contribution in [2.24, 2.45) is 5.41 Å². The number of carbonyl (C=O) groups is 3. The Hall–Kier alpha value is -2.72. The number of hydrogen-bond acceptors (Lipinski definition) is 7. The maximum absolute atomic E-state index is 15.2. The number of imide groups is 2. The zero-order valence-corrected chi connectivity index (χ0v) is 14.4. The molecule has 27 heavy (non-hydrogen) atoms. The molecule has 2 N–H and O–H groups in total. The van der Waals surface area contributed by atoms with Crippen molar-refractivity contribution >= 4 is 46.1 Å². The van der Waals surface area contributed by atoms with E-state index >= 15 is 4.39 Å². The highest BCUT2D eigenvalue weighted by atomic mass is 35.5. The van der Waals surface area contributed by atoms with Gasteiger partial charge in [0.2, 0.25) is 17.4 Å². The number of hydrogen-bond donors (Lipinski definition) is 2. The Morgan fingerprint density at radius 1 is 1.30 bits per heavy atom. The van der Waals surface area contributed by atoms with Gasteiger partial charge in [-0.25, -0.2) is 9.18 Å². The Morgan fingerprint density at radius 3 is 2.78 bits per heavy atom. The third kappa shape index (κ3) is 2.02. The van der Waals surface area contributed by atoms with Crippen LogP contribution in [0.5, 0.6) is 0 Å². The summed E-state index contributed by atoms with van der Waals surface area (Å²) in [4.78, 5) is 38.8. The smallest absolute Gasteiger partial charge is 0.328 e. The molecule has 4 amide bonds. The molecule has 3 aliphatic rings. The lowest BCUT2D eigenvalue weighted by molar-refractivity contribution is -0.148. The molecule has 1 aromatic carbocycles. The van der Waals surface area contributed by atoms with Crippen LogP contribution in [0.15, 0.2) is 10.6 Å². The molecule has 2 fully saturated rings. The molecule has 3 aliphatic heterocycles. The fourth-order valence-electron chi connectivity index (χ4n) is 4.22. The molecule has 1 unspecified atom stereocenters. The molecule has 1 spiro atoms. The summed E-state index contributed by atoms with van der Waals surface area (Å²) < 4.78 is 25.7. The van der Waals surface area contributed by atoms with E-state index in [0.717, 1.165) is 0 Å². The fourth-order valence-corrected chi connectivity index (χ4v) is 4.40. The van der Waals surface area contributed by atoms with Gasteiger partial charge in [0, 0.05) is 13.0 Å². The zero-order chi connectivity index (χ0) is 18.9. The first kappa shape index (κ1) is 16.5. The van der Waals surface area contributed by atoms with Crippen LogP contribution in [0.2, 0.25) is 5.15 Å². The number of carbonyl (C=O) groups excluding carboxylic acids is 3. The monoisotopic (exact) mass is 394 g/mol. The maximum atomic E-state index is 15.2. The molecule has 0 saturated carbocycles. The third-order valence-electron chi connectivity index (χ3n) is 5.43. The second-order valence-corrected chi connectivity index (χ2v) is 7.08. The minimum atomic E-state index is -1.63. The van der Waals surface area contributed by atoms with Gasteiger partial charge in [-0.1, -0.05) is 16.8 Å². The molecule has 0 radical (unpaired) electrons. The molecule has 2 aromatic rings. The van der Waals surface area contributed by atoms with E-state index in [1.807, 2.05) is 0 Å². The first-order valence-electron chi connectivity index (χ1n) is 8.21. The van der Waals surface area contributed by atoms with E-state index in [4.69, 9.17) is 20.9 Å². The Balaban J connectivity index is 1.77. The molecule has 5 rings (SSSR count). The minimum absolute atomic E-state index is 0.0161. The van der Waals surface area contributed by atoms with Crippen molar-refractivity contribution in [2.45, 2.75) is 12.5 Å². The number of nitrogens with one attached hydrogen (secondary N) is 2. The molecule has 2 saturated heterocycles. The van der Waals surface area contributed by atoms with Crippen LogP contribution in [0.25, 0.3) is 11.0 Å². The molecule has 140 valence electrons. The second-order valence-electron chi connectivity index (χ2n) is 6.72. The number of ether oxygens (including phenoxy) is 1. The largest absolute Gasteiger partial charge is 0.377 e. The van der Waals surface area contributed by atoms with Crippen molar-refractivity contribution in [3.63, 3.8) is 0 Å². The predicted octanol–water partition coefficient (Wildman–Crippen LogP) is 0.734. The average Bonchev–Trinajstić information content (AvgIpc) is 3.00. The van der Waals surface area contributed by atoms with Gasteiger partial charge in [-0.15, -0.1) is 0 Å². The molecular weight excluding hydrogens is 383 g/mol. The van der Waals surface area contributed by atoms with Gasteiger partial charge in [0.05, 0.1) is 30.3 Å². The topological polar surface area (TPSA) is 114 Å². The number of amides is 4. The second kappa shape index (κ2) is 5.40. The molecule has 11 heteroatoms. The summed E-state index contributed by atoms with van der Waals surface area (Å²) in [5.41, 5.74) is -1.09. The van der Waals surface area contributed by atoms with E-state index in [1.165, 1.54) is 0 Å². The summed E-state index contributed by atoms with van der Waals surface area (Å²) in [6.45, 7) is 0.587. The number of benzene rings is 1. The van der Waals surface area contributed by atoms with Crippen molar-refractivity contribution in [3.8, 4) is 0 Å². The molecule has 9 nitrogen and oxygen atoms in total. The van der Waals surface area contributed by atoms with Crippen molar-refractivity contribution in [2.75, 3.05) is 24.7 Å². The van der Waals surface area contributed by atoms with Gasteiger partial charge in [0.1, 0.15) is 0 Å². The number of urea groups is 1. The van der Waals surface area contributed by atoms with Crippen molar-refractivity contribution in [1.29, 1.82) is 0 Å². The number of barbiturate groups is 1. The van der Waals surface area contributed by atoms with Crippen LogP contribution in [0.3, 0.4) is 0 Å². The number of fused-ring (bicyclic) bond motifs is 5. The van der Waals surface area contributed by atoms with Crippen LogP contribution < -0.4 is 15.5 Å². The van der Waals surface area contributed by atoms with Crippen LogP contribution >= 0.6 is 11.6 Å². The first-order chi connectivity index (χ1) is 12.9. The number of halogens is 2. The van der Waals surface area contributed by atoms with Gasteiger partial charge < -0.3 is 14.2 Å². The highest BCUT2D eigenvalue weighted by molar-refractivity contribution is 6.34. The number of nitrogens with zero attached hydrogens (tertiary/aromatic N) is 2. The van der Waals surface area contributed by atoms with Crippen LogP contribution in [0, 0.1) is 11.2 Å². The normalized spacial score (nSPS) is 23.9. The van der Waals surface area contributed by atoms with Crippen LogP contribution in [-0.4, -0.2) is 48.8 Å². The van der Waals surface area contributed by atoms with Crippen LogP contribution in [0.4, 0.5) is 14.9 Å². The maximum Gasteiger partial charge on any atom is 0.328 e. The van der Waals surface area contributed by atoms with Gasteiger partial charge in [-0.3, -0.25) is 20.2 Å². The molecule has 4 heterocycles. The summed E-state index contributed by atoms with van der Waals surface area (Å²) in [5.74, 6) is -2.13. The van der Waals surface area contributed by atoms with E-state index in [-0.39, 0.29) is 41.4 Å². The third-order valence-corrected chi connectivity index (χ3v) is 5.70. The Morgan fingerprint density at radius 2 is 2.04 bits per heavy atom. The first-order valence-corrected chi connectivity index (χ1v) is 8.59. The van der Waals surface area contributed by atoms with E-state index < -0.39 is 35.1 Å². The van der Waals surface area contributed by atoms with E-state index in [9.17, 15) is 14.4 Å². The number of anilines is 1. The Kier molecular flexibility index (Phi) is 3.29. The SMILES string of the molecule is O=C1NC(=O)C2(Cc3cc4c(Cl)noc4c(F)c3N3CCOCC32)C(=O)N1. The summed E-state index contributed by atoms with van der Waals surface area (Å²) in [5, 5.41) is 8.11. The Labute approximate surface area is 155 Å². The zero-order valence-electron chi connectivity index (χ0n) is 13.7. The summed E-state index contributed by atoms with van der Waals surface area (Å²) in [6, 6.07) is -0.0950. The summed E-state index contributed by atoms with van der Waals surface area (Å²) in [7, 11) is 0. The van der Waals surface area contributed by atoms with Gasteiger partial charge in [0.15, 0.2) is 16.4 Å². The Bertz CT molecular complexity index is 1020.